The van der Waals surface area contributed by atoms with Crippen molar-refractivity contribution in [3.05, 3.63) is 0 Å². The van der Waals surface area contributed by atoms with Crippen molar-refractivity contribution in [2.75, 3.05) is 27.4 Å². The summed E-state index contributed by atoms with van der Waals surface area (Å²) in [5.74, 6) is 0. The van der Waals surface area contributed by atoms with E-state index in [0.29, 0.717) is 13.2 Å². The topological polar surface area (TPSA) is 36.9 Å². The third kappa shape index (κ3) is 1.67. The Kier molecular flexibility index (Phi) is 3.08. The molecule has 0 aromatic heterocycles. The van der Waals surface area contributed by atoms with Crippen LogP contribution in [0.4, 0.5) is 0 Å². The highest BCUT2D eigenvalue weighted by Crippen LogP contribution is 2.10. The summed E-state index contributed by atoms with van der Waals surface area (Å²) in [7, 11) is 3.12. The lowest BCUT2D eigenvalue weighted by Gasteiger charge is -2.28. The van der Waals surface area contributed by atoms with Crippen LogP contribution >= 0.6 is 0 Å². The summed E-state index contributed by atoms with van der Waals surface area (Å²) < 4.78 is 20.2. The predicted molar refractivity (Wildman–Crippen MR) is 33.5 cm³/mol. The molecule has 1 saturated heterocycles. The third-order valence-electron chi connectivity index (χ3n) is 1.33. The Morgan fingerprint density at radius 2 is 1.40 bits per heavy atom. The highest BCUT2D eigenvalue weighted by Gasteiger charge is 2.25. The van der Waals surface area contributed by atoms with Crippen LogP contribution in [-0.2, 0) is 18.9 Å². The fraction of sp³-hybridized carbons (Fsp3) is 1.00. The zero-order valence-corrected chi connectivity index (χ0v) is 6.20. The summed E-state index contributed by atoms with van der Waals surface area (Å²) in [5, 5.41) is 0. The Labute approximate surface area is 60.0 Å². The minimum Gasteiger partial charge on any atom is -0.351 e. The molecule has 0 aliphatic carbocycles. The van der Waals surface area contributed by atoms with Crippen molar-refractivity contribution in [2.45, 2.75) is 12.6 Å². The first-order valence-electron chi connectivity index (χ1n) is 3.17. The Morgan fingerprint density at radius 3 is 1.70 bits per heavy atom. The van der Waals surface area contributed by atoms with Gasteiger partial charge >= 0.3 is 0 Å². The van der Waals surface area contributed by atoms with Crippen LogP contribution in [0.15, 0.2) is 0 Å². The zero-order valence-electron chi connectivity index (χ0n) is 6.20. The highest BCUT2D eigenvalue weighted by molar-refractivity contribution is 4.54. The van der Waals surface area contributed by atoms with Crippen LogP contribution in [-0.4, -0.2) is 40.0 Å². The molecule has 0 bridgehead atoms. The van der Waals surface area contributed by atoms with Gasteiger partial charge in [0.2, 0.25) is 12.6 Å². The van der Waals surface area contributed by atoms with E-state index >= 15 is 0 Å². The Hall–Kier alpha value is -0.160. The second-order valence-corrected chi connectivity index (χ2v) is 1.95. The molecule has 1 aliphatic heterocycles. The second kappa shape index (κ2) is 3.88. The zero-order chi connectivity index (χ0) is 7.40. The van der Waals surface area contributed by atoms with Crippen LogP contribution in [0.3, 0.4) is 0 Å². The number of methoxy groups -OCH3 is 2. The lowest BCUT2D eigenvalue weighted by molar-refractivity contribution is -0.307. The molecule has 1 rings (SSSR count). The number of hydrogen-bond donors (Lipinski definition) is 0. The SMILES string of the molecule is CO[C@@H]1OCCO[C@H]1OC. The van der Waals surface area contributed by atoms with Crippen molar-refractivity contribution in [1.29, 1.82) is 0 Å². The van der Waals surface area contributed by atoms with Gasteiger partial charge in [-0.2, -0.15) is 0 Å². The average molecular weight is 148 g/mol. The van der Waals surface area contributed by atoms with Crippen molar-refractivity contribution in [2.24, 2.45) is 0 Å². The van der Waals surface area contributed by atoms with Crippen molar-refractivity contribution >= 4 is 0 Å². The summed E-state index contributed by atoms with van der Waals surface area (Å²) in [4.78, 5) is 0. The standard InChI is InChI=1S/C6H12O4/c1-7-5-6(8-2)10-4-3-9-5/h5-6H,3-4H2,1-2H3/t5-,6-/m1/s1. The molecule has 4 heteroatoms. The largest absolute Gasteiger partial charge is 0.351 e. The van der Waals surface area contributed by atoms with Gasteiger partial charge in [0.15, 0.2) is 0 Å². The van der Waals surface area contributed by atoms with E-state index in [0.717, 1.165) is 0 Å². The molecule has 0 amide bonds. The van der Waals surface area contributed by atoms with Crippen molar-refractivity contribution in [1.82, 2.24) is 0 Å². The van der Waals surface area contributed by atoms with Gasteiger partial charge in [-0.3, -0.25) is 0 Å². The Bertz CT molecular complexity index is 83.7. The van der Waals surface area contributed by atoms with Crippen LogP contribution in [0.1, 0.15) is 0 Å². The molecular formula is C6H12O4. The van der Waals surface area contributed by atoms with Crippen molar-refractivity contribution in [3.63, 3.8) is 0 Å². The monoisotopic (exact) mass is 148 g/mol. The van der Waals surface area contributed by atoms with Crippen LogP contribution in [0.5, 0.6) is 0 Å². The summed E-state index contributed by atoms with van der Waals surface area (Å²) in [6, 6.07) is 0. The van der Waals surface area contributed by atoms with Gasteiger partial charge in [0, 0.05) is 14.2 Å². The van der Waals surface area contributed by atoms with E-state index in [1.807, 2.05) is 0 Å². The highest BCUT2D eigenvalue weighted by atomic mass is 16.8. The van der Waals surface area contributed by atoms with E-state index in [-0.39, 0.29) is 12.6 Å². The summed E-state index contributed by atoms with van der Waals surface area (Å²) in [6.45, 7) is 1.14. The fourth-order valence-corrected chi connectivity index (χ4v) is 0.844. The molecule has 1 heterocycles. The number of hydrogen-bond acceptors (Lipinski definition) is 4. The molecule has 4 nitrogen and oxygen atoms in total. The molecule has 0 unspecified atom stereocenters. The van der Waals surface area contributed by atoms with E-state index in [2.05, 4.69) is 0 Å². The van der Waals surface area contributed by atoms with Gasteiger partial charge in [0.05, 0.1) is 13.2 Å². The first-order valence-corrected chi connectivity index (χ1v) is 3.17. The molecule has 1 aliphatic rings. The minimum atomic E-state index is -0.376. The summed E-state index contributed by atoms with van der Waals surface area (Å²) in [6.07, 6.45) is -0.752. The molecular weight excluding hydrogens is 136 g/mol. The molecule has 1 fully saturated rings. The summed E-state index contributed by atoms with van der Waals surface area (Å²) in [5.41, 5.74) is 0. The van der Waals surface area contributed by atoms with Crippen LogP contribution < -0.4 is 0 Å². The van der Waals surface area contributed by atoms with Crippen LogP contribution in [0, 0.1) is 0 Å². The van der Waals surface area contributed by atoms with E-state index in [1.54, 1.807) is 14.2 Å². The molecule has 0 aromatic rings. The lowest BCUT2D eigenvalue weighted by Crippen LogP contribution is -2.40. The van der Waals surface area contributed by atoms with Gasteiger partial charge < -0.3 is 18.9 Å². The van der Waals surface area contributed by atoms with E-state index in [4.69, 9.17) is 18.9 Å². The molecule has 2 atom stereocenters. The van der Waals surface area contributed by atoms with Gasteiger partial charge in [-0.1, -0.05) is 0 Å². The Morgan fingerprint density at radius 1 is 1.00 bits per heavy atom. The second-order valence-electron chi connectivity index (χ2n) is 1.95. The first-order chi connectivity index (χ1) is 4.88. The lowest BCUT2D eigenvalue weighted by atomic mass is 10.5. The van der Waals surface area contributed by atoms with Crippen LogP contribution in [0.25, 0.3) is 0 Å². The van der Waals surface area contributed by atoms with E-state index < -0.39 is 0 Å². The van der Waals surface area contributed by atoms with Crippen molar-refractivity contribution < 1.29 is 18.9 Å². The quantitative estimate of drug-likeness (QED) is 0.551. The normalized spacial score (nSPS) is 34.2. The molecule has 0 saturated carbocycles. The molecule has 0 N–H and O–H groups in total. The van der Waals surface area contributed by atoms with Gasteiger partial charge in [-0.25, -0.2) is 0 Å². The predicted octanol–water partition coefficient (Wildman–Crippen LogP) is -0.0218. The van der Waals surface area contributed by atoms with Gasteiger partial charge in [0.25, 0.3) is 0 Å². The van der Waals surface area contributed by atoms with Crippen LogP contribution in [0.2, 0.25) is 0 Å². The third-order valence-corrected chi connectivity index (χ3v) is 1.33. The number of ether oxygens (including phenoxy) is 4. The molecule has 60 valence electrons. The van der Waals surface area contributed by atoms with Gasteiger partial charge in [-0.05, 0) is 0 Å². The maximum atomic E-state index is 5.16. The van der Waals surface area contributed by atoms with Gasteiger partial charge in [0.1, 0.15) is 0 Å². The molecule has 0 aromatic carbocycles. The number of rotatable bonds is 2. The molecule has 0 spiro atoms. The van der Waals surface area contributed by atoms with E-state index in [9.17, 15) is 0 Å². The Balaban J connectivity index is 2.34. The maximum absolute atomic E-state index is 5.16. The molecule has 10 heavy (non-hydrogen) atoms. The maximum Gasteiger partial charge on any atom is 0.209 e. The average Bonchev–Trinajstić information content (AvgIpc) is 2.04. The van der Waals surface area contributed by atoms with E-state index in [1.165, 1.54) is 0 Å². The van der Waals surface area contributed by atoms with Gasteiger partial charge in [-0.15, -0.1) is 0 Å². The van der Waals surface area contributed by atoms with Crippen molar-refractivity contribution in [3.8, 4) is 0 Å². The first kappa shape index (κ1) is 7.94. The minimum absolute atomic E-state index is 0.376. The smallest absolute Gasteiger partial charge is 0.209 e. The fourth-order valence-electron chi connectivity index (χ4n) is 0.844. The summed E-state index contributed by atoms with van der Waals surface area (Å²) >= 11 is 0. The molecule has 0 radical (unpaired) electrons.